The molecule has 0 fully saturated rings. The lowest BCUT2D eigenvalue weighted by molar-refractivity contribution is 0.111. The Morgan fingerprint density at radius 1 is 0.780 bits per heavy atom. The highest BCUT2D eigenvalue weighted by Crippen LogP contribution is 2.43. The van der Waals surface area contributed by atoms with Crippen molar-refractivity contribution in [2.24, 2.45) is 15.7 Å². The number of rotatable bonds is 3. The Kier molecular flexibility index (Phi) is 9.17. The Hall–Kier alpha value is -3.71. The lowest BCUT2D eigenvalue weighted by Crippen LogP contribution is -2.39. The van der Waals surface area contributed by atoms with E-state index >= 15 is 0 Å². The van der Waals surface area contributed by atoms with Crippen molar-refractivity contribution >= 4 is 59.0 Å². The van der Waals surface area contributed by atoms with Gasteiger partial charge in [0.1, 0.15) is 0 Å². The highest BCUT2D eigenvalue weighted by molar-refractivity contribution is 6.31. The monoisotopic (exact) mass is 608 g/mol. The minimum Gasteiger partial charge on any atom is -0.449 e. The molecule has 212 valence electrons. The molecular formula is C32H31Cl3N4O2. The van der Waals surface area contributed by atoms with Crippen LogP contribution in [0.25, 0.3) is 0 Å². The summed E-state index contributed by atoms with van der Waals surface area (Å²) in [5.41, 5.74) is 10.3. The summed E-state index contributed by atoms with van der Waals surface area (Å²) in [6.45, 7) is 6.66. The van der Waals surface area contributed by atoms with Crippen molar-refractivity contribution in [1.29, 1.82) is 0 Å². The number of nitrogens with two attached hydrogens (primary N) is 1. The van der Waals surface area contributed by atoms with Gasteiger partial charge in [-0.2, -0.15) is 4.99 Å². The van der Waals surface area contributed by atoms with Crippen LogP contribution in [0.4, 0.5) is 11.4 Å². The van der Waals surface area contributed by atoms with E-state index in [0.29, 0.717) is 22.6 Å². The fourth-order valence-corrected chi connectivity index (χ4v) is 5.30. The number of hydrogen-bond donors (Lipinski definition) is 2. The molecule has 4 aromatic rings. The first-order chi connectivity index (χ1) is 19.2. The molecule has 2 heterocycles. The summed E-state index contributed by atoms with van der Waals surface area (Å²) < 4.78 is 12.0. The van der Waals surface area contributed by atoms with E-state index in [1.165, 1.54) is 0 Å². The Morgan fingerprint density at radius 3 is 1.90 bits per heavy atom. The number of nitrogens with one attached hydrogen (secondary N) is 1. The summed E-state index contributed by atoms with van der Waals surface area (Å²) in [6.07, 6.45) is 0. The fraction of sp³-hybridized carbons (Fsp3) is 0.188. The number of ether oxygens (including phenoxy) is 2. The maximum atomic E-state index is 6.18. The number of halogens is 3. The number of fused-ring (bicyclic) bond motifs is 2. The summed E-state index contributed by atoms with van der Waals surface area (Å²) in [4.78, 5) is 8.60. The third-order valence-corrected chi connectivity index (χ3v) is 7.47. The lowest BCUT2D eigenvalue weighted by Gasteiger charge is -2.38. The van der Waals surface area contributed by atoms with Crippen LogP contribution in [0.1, 0.15) is 43.0 Å². The van der Waals surface area contributed by atoms with Gasteiger partial charge in [0.05, 0.1) is 5.69 Å². The molecular weight excluding hydrogens is 579 g/mol. The van der Waals surface area contributed by atoms with E-state index < -0.39 is 11.2 Å². The first kappa shape index (κ1) is 30.3. The summed E-state index contributed by atoms with van der Waals surface area (Å²) in [6, 6.07) is 32.0. The summed E-state index contributed by atoms with van der Waals surface area (Å²) >= 11 is 12.3. The van der Waals surface area contributed by atoms with Crippen molar-refractivity contribution < 1.29 is 9.47 Å². The average molecular weight is 610 g/mol. The van der Waals surface area contributed by atoms with Gasteiger partial charge in [0.25, 0.3) is 12.0 Å². The molecule has 0 radical (unpaired) electrons. The van der Waals surface area contributed by atoms with Gasteiger partial charge in [0, 0.05) is 33.4 Å². The zero-order valence-corrected chi connectivity index (χ0v) is 25.2. The van der Waals surface area contributed by atoms with E-state index in [-0.39, 0.29) is 18.4 Å². The molecule has 6 nitrogen and oxygen atoms in total. The first-order valence-corrected chi connectivity index (χ1v) is 13.7. The minimum absolute atomic E-state index is 0. The van der Waals surface area contributed by atoms with Gasteiger partial charge in [0.2, 0.25) is 0 Å². The van der Waals surface area contributed by atoms with E-state index in [4.69, 9.17) is 38.4 Å². The number of benzene rings is 4. The Bertz CT molecular complexity index is 1580. The van der Waals surface area contributed by atoms with Crippen molar-refractivity contribution in [3.63, 3.8) is 0 Å². The molecule has 2 atom stereocenters. The standard InChI is InChI=1S/C17H17ClN2O.C15H13ClN2O.ClH/c1-3-19-16-20-15-10-9-13(18)11-14(15)17(2,21-16)12-7-5-4-6-8-12;1-15(10-5-3-2-4-6-10)12-9-11(16)7-8-13(12)18-14(17)19-15;/h4-11H,3H2,1-2H3,(H,19,20);2-9H,1H3,(H2,17,18);1H. The topological polar surface area (TPSA) is 81.2 Å². The molecule has 6 rings (SSSR count). The zero-order valence-electron chi connectivity index (χ0n) is 22.9. The van der Waals surface area contributed by atoms with E-state index in [1.807, 2.05) is 99.6 Å². The van der Waals surface area contributed by atoms with Crippen LogP contribution in [0.15, 0.2) is 107 Å². The molecule has 41 heavy (non-hydrogen) atoms. The van der Waals surface area contributed by atoms with Crippen molar-refractivity contribution in [3.05, 3.63) is 129 Å². The SMILES string of the molecule is CC1(c2ccccc2)OC(N)=Nc2ccc(Cl)cc21.CCN=C1Nc2ccc(Cl)cc2C(C)(c2ccccc2)O1.Cl. The molecule has 0 saturated carbocycles. The average Bonchev–Trinajstić information content (AvgIpc) is 2.95. The second-order valence-electron chi connectivity index (χ2n) is 9.71. The quantitative estimate of drug-likeness (QED) is 0.244. The van der Waals surface area contributed by atoms with Crippen LogP contribution in [0.2, 0.25) is 10.0 Å². The molecule has 2 unspecified atom stereocenters. The molecule has 0 amide bonds. The van der Waals surface area contributed by atoms with Crippen molar-refractivity contribution in [2.75, 3.05) is 11.9 Å². The molecule has 0 aliphatic carbocycles. The third kappa shape index (κ3) is 6.15. The van der Waals surface area contributed by atoms with Gasteiger partial charge in [-0.3, -0.25) is 0 Å². The first-order valence-electron chi connectivity index (χ1n) is 13.0. The molecule has 0 saturated heterocycles. The second-order valence-corrected chi connectivity index (χ2v) is 10.6. The van der Waals surface area contributed by atoms with E-state index in [2.05, 4.69) is 27.4 Å². The number of nitrogens with zero attached hydrogens (tertiary/aromatic N) is 2. The minimum atomic E-state index is -0.673. The molecule has 3 N–H and O–H groups in total. The molecule has 0 aromatic heterocycles. The van der Waals surface area contributed by atoms with E-state index in [0.717, 1.165) is 33.6 Å². The molecule has 0 bridgehead atoms. The lowest BCUT2D eigenvalue weighted by atomic mass is 9.86. The van der Waals surface area contributed by atoms with Crippen LogP contribution < -0.4 is 11.1 Å². The van der Waals surface area contributed by atoms with Gasteiger partial charge in [0.15, 0.2) is 11.2 Å². The molecule has 0 spiro atoms. The highest BCUT2D eigenvalue weighted by atomic mass is 35.5. The van der Waals surface area contributed by atoms with Crippen LogP contribution in [-0.4, -0.2) is 18.6 Å². The van der Waals surface area contributed by atoms with Gasteiger partial charge in [-0.05, 0) is 68.3 Å². The van der Waals surface area contributed by atoms with Crippen LogP contribution in [0.3, 0.4) is 0 Å². The molecule has 2 aliphatic rings. The number of hydrogen-bond acceptors (Lipinski definition) is 5. The number of anilines is 1. The molecule has 4 aromatic carbocycles. The van der Waals surface area contributed by atoms with Crippen molar-refractivity contribution in [2.45, 2.75) is 32.0 Å². The summed E-state index contributed by atoms with van der Waals surface area (Å²) in [5, 5.41) is 4.56. The Morgan fingerprint density at radius 2 is 1.32 bits per heavy atom. The fourth-order valence-electron chi connectivity index (χ4n) is 4.96. The van der Waals surface area contributed by atoms with E-state index in [9.17, 15) is 0 Å². The van der Waals surface area contributed by atoms with Crippen LogP contribution in [0.5, 0.6) is 0 Å². The van der Waals surface area contributed by atoms with Crippen molar-refractivity contribution in [3.8, 4) is 0 Å². The van der Waals surface area contributed by atoms with Crippen LogP contribution >= 0.6 is 35.6 Å². The summed E-state index contributed by atoms with van der Waals surface area (Å²) in [5.74, 6) is 0. The maximum absolute atomic E-state index is 6.18. The van der Waals surface area contributed by atoms with Crippen LogP contribution in [-0.2, 0) is 20.7 Å². The number of aliphatic imine (C=N–C) groups is 2. The predicted molar refractivity (Wildman–Crippen MR) is 171 cm³/mol. The normalized spacial score (nSPS) is 21.3. The van der Waals surface area contributed by atoms with Gasteiger partial charge in [-0.1, -0.05) is 83.9 Å². The smallest absolute Gasteiger partial charge is 0.290 e. The Balaban J connectivity index is 0.000000185. The molecule has 9 heteroatoms. The van der Waals surface area contributed by atoms with Gasteiger partial charge in [-0.25, -0.2) is 4.99 Å². The van der Waals surface area contributed by atoms with Gasteiger partial charge >= 0.3 is 0 Å². The highest BCUT2D eigenvalue weighted by Gasteiger charge is 2.39. The predicted octanol–water partition coefficient (Wildman–Crippen LogP) is 8.42. The van der Waals surface area contributed by atoms with Gasteiger partial charge < -0.3 is 20.5 Å². The second kappa shape index (κ2) is 12.4. The van der Waals surface area contributed by atoms with Crippen molar-refractivity contribution in [1.82, 2.24) is 0 Å². The molecule has 2 aliphatic heterocycles. The van der Waals surface area contributed by atoms with E-state index in [1.54, 1.807) is 6.07 Å². The zero-order chi connectivity index (χ0) is 28.3. The third-order valence-electron chi connectivity index (χ3n) is 7.00. The number of amidine groups is 2. The van der Waals surface area contributed by atoms with Crippen LogP contribution in [0, 0.1) is 0 Å². The maximum Gasteiger partial charge on any atom is 0.290 e. The summed E-state index contributed by atoms with van der Waals surface area (Å²) in [7, 11) is 0. The Labute approximate surface area is 256 Å². The largest absolute Gasteiger partial charge is 0.449 e. The van der Waals surface area contributed by atoms with Gasteiger partial charge in [-0.15, -0.1) is 12.4 Å².